The second-order valence-corrected chi connectivity index (χ2v) is 8.88. The molecule has 0 radical (unpaired) electrons. The fourth-order valence-electron chi connectivity index (χ4n) is 3.57. The molecular weight excluding hydrogens is 416 g/mol. The number of likely N-dealkylation sites (N-methyl/N-ethyl adjacent to an activating group) is 1. The lowest BCUT2D eigenvalue weighted by atomic mass is 10.1. The summed E-state index contributed by atoms with van der Waals surface area (Å²) in [6, 6.07) is 5.04. The third-order valence-corrected chi connectivity index (χ3v) is 6.48. The zero-order valence-electron chi connectivity index (χ0n) is 17.8. The molecular formula is C22H26N4O4S. The molecule has 0 bridgehead atoms. The van der Waals surface area contributed by atoms with E-state index in [1.807, 2.05) is 14.0 Å². The number of rotatable bonds is 9. The van der Waals surface area contributed by atoms with Crippen LogP contribution in [0.5, 0.6) is 5.75 Å². The van der Waals surface area contributed by atoms with Gasteiger partial charge in [-0.3, -0.25) is 9.59 Å². The van der Waals surface area contributed by atoms with Crippen LogP contribution in [0, 0.1) is 13.8 Å². The smallest absolute Gasteiger partial charge is 0.256 e. The fraction of sp³-hybridized carbons (Fsp3) is 0.409. The Morgan fingerprint density at radius 3 is 2.81 bits per heavy atom. The van der Waals surface area contributed by atoms with Gasteiger partial charge in [-0.25, -0.2) is 4.98 Å². The van der Waals surface area contributed by atoms with Gasteiger partial charge in [-0.15, -0.1) is 11.3 Å². The van der Waals surface area contributed by atoms with Crippen LogP contribution in [0.25, 0.3) is 11.0 Å². The number of nitrogens with one attached hydrogen (secondary N) is 1. The number of nitrogens with two attached hydrogens (primary N) is 1. The molecule has 2 heterocycles. The van der Waals surface area contributed by atoms with E-state index in [2.05, 4.69) is 15.2 Å². The molecule has 1 atom stereocenters. The van der Waals surface area contributed by atoms with Gasteiger partial charge in [0.25, 0.3) is 5.91 Å². The van der Waals surface area contributed by atoms with E-state index in [-0.39, 0.29) is 5.91 Å². The van der Waals surface area contributed by atoms with E-state index in [4.69, 9.17) is 14.9 Å². The van der Waals surface area contributed by atoms with Gasteiger partial charge < -0.3 is 25.1 Å². The van der Waals surface area contributed by atoms with Crippen molar-refractivity contribution >= 4 is 34.1 Å². The number of carbonyl (C=O) groups excluding carboxylic acids is 2. The number of ether oxygens (including phenoxy) is 1. The van der Waals surface area contributed by atoms with E-state index in [0.717, 1.165) is 23.4 Å². The van der Waals surface area contributed by atoms with E-state index >= 15 is 0 Å². The Hall–Kier alpha value is -2.91. The summed E-state index contributed by atoms with van der Waals surface area (Å²) in [5.74, 6) is 0.145. The van der Waals surface area contributed by atoms with Crippen LogP contribution in [0.4, 0.5) is 0 Å². The molecule has 3 N–H and O–H groups in total. The van der Waals surface area contributed by atoms with Crippen LogP contribution in [0.3, 0.4) is 0 Å². The number of benzene rings is 1. The monoisotopic (exact) mass is 442 g/mol. The molecule has 4 rings (SSSR count). The van der Waals surface area contributed by atoms with Crippen molar-refractivity contribution in [2.75, 3.05) is 13.6 Å². The number of carbonyl (C=O) groups is 2. The fourth-order valence-corrected chi connectivity index (χ4v) is 4.26. The molecule has 9 heteroatoms. The van der Waals surface area contributed by atoms with Crippen molar-refractivity contribution in [1.82, 2.24) is 15.2 Å². The van der Waals surface area contributed by atoms with E-state index < -0.39 is 11.9 Å². The molecule has 1 unspecified atom stereocenters. The van der Waals surface area contributed by atoms with Gasteiger partial charge in [0.15, 0.2) is 0 Å². The number of amides is 2. The van der Waals surface area contributed by atoms with Crippen molar-refractivity contribution < 1.29 is 18.7 Å². The van der Waals surface area contributed by atoms with E-state index in [9.17, 15) is 9.59 Å². The standard InChI is InChI=1S/C22H26N4O4S/c1-12-19(31-11-24-12)10-29-15-6-7-18-16(8-15)20(13(2)30-18)22(28)25-17(21(23)27)9-26(3)14-4-5-14/h6-8,11,14,17H,4-5,9-10H2,1-3H3,(H2,23,27)(H,25,28). The highest BCUT2D eigenvalue weighted by atomic mass is 32.1. The zero-order chi connectivity index (χ0) is 22.1. The van der Waals surface area contributed by atoms with E-state index in [1.165, 1.54) is 11.3 Å². The normalized spacial score (nSPS) is 14.7. The second kappa shape index (κ2) is 8.68. The minimum Gasteiger partial charge on any atom is -0.488 e. The first-order chi connectivity index (χ1) is 14.8. The summed E-state index contributed by atoms with van der Waals surface area (Å²) in [6.45, 7) is 4.45. The van der Waals surface area contributed by atoms with Crippen molar-refractivity contribution in [2.45, 2.75) is 45.4 Å². The average molecular weight is 443 g/mol. The highest BCUT2D eigenvalue weighted by Gasteiger charge is 2.31. The SMILES string of the molecule is Cc1ncsc1COc1ccc2oc(C)c(C(=O)NC(CN(C)C3CC3)C(N)=O)c2c1. The first kappa shape index (κ1) is 21.3. The molecule has 8 nitrogen and oxygen atoms in total. The summed E-state index contributed by atoms with van der Waals surface area (Å²) in [5, 5.41) is 3.42. The molecule has 1 aliphatic carbocycles. The van der Waals surface area contributed by atoms with Gasteiger partial charge >= 0.3 is 0 Å². The lowest BCUT2D eigenvalue weighted by Gasteiger charge is -2.22. The lowest BCUT2D eigenvalue weighted by Crippen LogP contribution is -2.50. The number of thiazole rings is 1. The van der Waals surface area contributed by atoms with Gasteiger partial charge in [-0.2, -0.15) is 0 Å². The van der Waals surface area contributed by atoms with Gasteiger partial charge in [0.05, 0.1) is 21.6 Å². The molecule has 0 saturated heterocycles. The Kier molecular flexibility index (Phi) is 5.97. The maximum Gasteiger partial charge on any atom is 0.256 e. The third kappa shape index (κ3) is 4.72. The first-order valence-corrected chi connectivity index (χ1v) is 11.1. The predicted molar refractivity (Wildman–Crippen MR) is 118 cm³/mol. The van der Waals surface area contributed by atoms with Crippen LogP contribution >= 0.6 is 11.3 Å². The van der Waals surface area contributed by atoms with Crippen molar-refractivity contribution in [3.8, 4) is 5.75 Å². The Balaban J connectivity index is 1.53. The molecule has 0 spiro atoms. The maximum absolute atomic E-state index is 13.1. The highest BCUT2D eigenvalue weighted by molar-refractivity contribution is 7.09. The molecule has 2 aromatic heterocycles. The number of hydrogen-bond donors (Lipinski definition) is 2. The van der Waals surface area contributed by atoms with Crippen LogP contribution in [0.2, 0.25) is 0 Å². The van der Waals surface area contributed by atoms with Crippen LogP contribution in [0.15, 0.2) is 28.1 Å². The molecule has 1 saturated carbocycles. The summed E-state index contributed by atoms with van der Waals surface area (Å²) in [6.07, 6.45) is 2.20. The maximum atomic E-state index is 13.1. The third-order valence-electron chi connectivity index (χ3n) is 5.57. The number of furan rings is 1. The number of hydrogen-bond acceptors (Lipinski definition) is 7. The topological polar surface area (TPSA) is 111 Å². The van der Waals surface area contributed by atoms with Crippen molar-refractivity contribution in [2.24, 2.45) is 5.73 Å². The summed E-state index contributed by atoms with van der Waals surface area (Å²) >= 11 is 1.54. The summed E-state index contributed by atoms with van der Waals surface area (Å²) in [7, 11) is 1.94. The quantitative estimate of drug-likeness (QED) is 0.527. The average Bonchev–Trinajstić information content (AvgIpc) is 3.42. The van der Waals surface area contributed by atoms with E-state index in [1.54, 1.807) is 30.6 Å². The Morgan fingerprint density at radius 1 is 1.39 bits per heavy atom. The highest BCUT2D eigenvalue weighted by Crippen LogP contribution is 2.30. The minimum atomic E-state index is -0.781. The number of fused-ring (bicyclic) bond motifs is 1. The lowest BCUT2D eigenvalue weighted by molar-refractivity contribution is -0.120. The van der Waals surface area contributed by atoms with Gasteiger partial charge in [-0.05, 0) is 51.9 Å². The van der Waals surface area contributed by atoms with Crippen LogP contribution in [0.1, 0.15) is 39.5 Å². The number of nitrogens with zero attached hydrogens (tertiary/aromatic N) is 2. The molecule has 2 amide bonds. The molecule has 1 fully saturated rings. The number of aryl methyl sites for hydroxylation is 2. The predicted octanol–water partition coefficient (Wildman–Crippen LogP) is 2.76. The summed E-state index contributed by atoms with van der Waals surface area (Å²) in [4.78, 5) is 32.4. The largest absolute Gasteiger partial charge is 0.488 e. The van der Waals surface area contributed by atoms with Gasteiger partial charge in [0.1, 0.15) is 29.7 Å². The minimum absolute atomic E-state index is 0.378. The molecule has 1 aliphatic rings. The molecule has 0 aliphatic heterocycles. The summed E-state index contributed by atoms with van der Waals surface area (Å²) < 4.78 is 11.7. The molecule has 3 aromatic rings. The second-order valence-electron chi connectivity index (χ2n) is 7.94. The van der Waals surface area contributed by atoms with Crippen molar-refractivity contribution in [1.29, 1.82) is 0 Å². The van der Waals surface area contributed by atoms with Crippen LogP contribution < -0.4 is 15.8 Å². The van der Waals surface area contributed by atoms with Gasteiger partial charge in [-0.1, -0.05) is 0 Å². The molecule has 31 heavy (non-hydrogen) atoms. The van der Waals surface area contributed by atoms with Crippen molar-refractivity contribution in [3.05, 3.63) is 45.6 Å². The van der Waals surface area contributed by atoms with Gasteiger partial charge in [0.2, 0.25) is 5.91 Å². The van der Waals surface area contributed by atoms with Crippen molar-refractivity contribution in [3.63, 3.8) is 0 Å². The number of primary amides is 1. The summed E-state index contributed by atoms with van der Waals surface area (Å²) in [5.41, 5.74) is 9.24. The van der Waals surface area contributed by atoms with E-state index in [0.29, 0.717) is 47.2 Å². The Bertz CT molecular complexity index is 1120. The Morgan fingerprint density at radius 2 is 2.16 bits per heavy atom. The van der Waals surface area contributed by atoms with Crippen LogP contribution in [-0.2, 0) is 11.4 Å². The zero-order valence-corrected chi connectivity index (χ0v) is 18.6. The van der Waals surface area contributed by atoms with Gasteiger partial charge in [0, 0.05) is 18.0 Å². The van der Waals surface area contributed by atoms with Crippen LogP contribution in [-0.4, -0.2) is 47.4 Å². The Labute approximate surface area is 184 Å². The first-order valence-electron chi connectivity index (χ1n) is 10.2. The molecule has 1 aromatic carbocycles. The molecule has 164 valence electrons. The number of aromatic nitrogens is 1.